The van der Waals surface area contributed by atoms with Crippen LogP contribution in [-0.2, 0) is 15.1 Å². The maximum absolute atomic E-state index is 13.2. The molecule has 3 heterocycles. The van der Waals surface area contributed by atoms with Crippen molar-refractivity contribution in [2.45, 2.75) is 12.0 Å². The highest BCUT2D eigenvalue weighted by Crippen LogP contribution is 2.40. The number of nitrogens with one attached hydrogen (secondary N) is 2. The van der Waals surface area contributed by atoms with E-state index in [1.807, 2.05) is 0 Å². The standard InChI is InChI=1S/C19H15N5O4S/c25-15(20-12-5-3-6-13-16(12)23-29-22-13)10-24-17(26)19(21-18(24)27)8-9-28-14-7-2-1-4-11(14)19/h1-7H,8-10H2,(H,20,25)(H,21,27). The van der Waals surface area contributed by atoms with Crippen LogP contribution in [0.2, 0.25) is 0 Å². The van der Waals surface area contributed by atoms with Crippen molar-refractivity contribution >= 4 is 46.3 Å². The fourth-order valence-corrected chi connectivity index (χ4v) is 4.31. The van der Waals surface area contributed by atoms with Gasteiger partial charge in [-0.25, -0.2) is 4.79 Å². The van der Waals surface area contributed by atoms with E-state index in [2.05, 4.69) is 19.4 Å². The highest BCUT2D eigenvalue weighted by atomic mass is 32.1. The Bertz CT molecular complexity index is 1160. The second-order valence-corrected chi connectivity index (χ2v) is 7.34. The molecule has 1 saturated heterocycles. The quantitative estimate of drug-likeness (QED) is 0.639. The number of carbonyl (C=O) groups excluding carboxylic acids is 3. The van der Waals surface area contributed by atoms with Gasteiger partial charge >= 0.3 is 6.03 Å². The number of benzene rings is 2. The Labute approximate surface area is 169 Å². The lowest BCUT2D eigenvalue weighted by molar-refractivity contribution is -0.135. The number of aromatic nitrogens is 2. The first-order valence-corrected chi connectivity index (χ1v) is 9.69. The lowest BCUT2D eigenvalue weighted by atomic mass is 9.84. The number of hydrogen-bond donors (Lipinski definition) is 2. The smallest absolute Gasteiger partial charge is 0.325 e. The van der Waals surface area contributed by atoms with Gasteiger partial charge in [-0.05, 0) is 18.2 Å². The van der Waals surface area contributed by atoms with E-state index in [1.165, 1.54) is 0 Å². The second kappa shape index (κ2) is 6.52. The molecule has 9 nitrogen and oxygen atoms in total. The predicted octanol–water partition coefficient (Wildman–Crippen LogP) is 1.86. The highest BCUT2D eigenvalue weighted by molar-refractivity contribution is 7.00. The van der Waals surface area contributed by atoms with Crippen LogP contribution < -0.4 is 15.4 Å². The van der Waals surface area contributed by atoms with Gasteiger partial charge in [-0.15, -0.1) is 0 Å². The second-order valence-electron chi connectivity index (χ2n) is 6.81. The Morgan fingerprint density at radius 3 is 2.97 bits per heavy atom. The SMILES string of the molecule is O=C(CN1C(=O)NC2(CCOc3ccccc32)C1=O)Nc1cccc2nsnc12. The van der Waals surface area contributed by atoms with Crippen LogP contribution in [0.3, 0.4) is 0 Å². The van der Waals surface area contributed by atoms with Crippen LogP contribution in [0.5, 0.6) is 5.75 Å². The topological polar surface area (TPSA) is 114 Å². The molecule has 2 aliphatic rings. The fourth-order valence-electron chi connectivity index (χ4n) is 3.76. The summed E-state index contributed by atoms with van der Waals surface area (Å²) in [6, 6.07) is 11.7. The molecule has 2 aromatic carbocycles. The molecule has 0 radical (unpaired) electrons. The lowest BCUT2D eigenvalue weighted by Crippen LogP contribution is -2.48. The van der Waals surface area contributed by atoms with E-state index < -0.39 is 29.9 Å². The molecule has 1 spiro atoms. The van der Waals surface area contributed by atoms with Gasteiger partial charge in [0.25, 0.3) is 5.91 Å². The first kappa shape index (κ1) is 17.6. The molecular formula is C19H15N5O4S. The van der Waals surface area contributed by atoms with E-state index in [-0.39, 0.29) is 0 Å². The number of imide groups is 1. The van der Waals surface area contributed by atoms with Gasteiger partial charge < -0.3 is 15.4 Å². The van der Waals surface area contributed by atoms with Crippen LogP contribution in [-0.4, -0.2) is 44.6 Å². The van der Waals surface area contributed by atoms with Crippen molar-refractivity contribution in [1.29, 1.82) is 0 Å². The molecule has 2 aliphatic heterocycles. The van der Waals surface area contributed by atoms with Gasteiger partial charge in [0.1, 0.15) is 23.3 Å². The number of urea groups is 1. The molecule has 1 aromatic heterocycles. The average molecular weight is 409 g/mol. The summed E-state index contributed by atoms with van der Waals surface area (Å²) < 4.78 is 13.9. The number of hydrogen-bond acceptors (Lipinski definition) is 7. The maximum Gasteiger partial charge on any atom is 0.325 e. The maximum atomic E-state index is 13.2. The number of ether oxygens (including phenoxy) is 1. The Morgan fingerprint density at radius 2 is 2.07 bits per heavy atom. The van der Waals surface area contributed by atoms with Crippen LogP contribution in [0.1, 0.15) is 12.0 Å². The van der Waals surface area contributed by atoms with Crippen molar-refractivity contribution in [2.24, 2.45) is 0 Å². The van der Waals surface area contributed by atoms with E-state index in [0.717, 1.165) is 16.6 Å². The summed E-state index contributed by atoms with van der Waals surface area (Å²) in [5, 5.41) is 5.49. The summed E-state index contributed by atoms with van der Waals surface area (Å²) in [6.45, 7) is -0.106. The zero-order valence-corrected chi connectivity index (χ0v) is 15.9. The Hall–Kier alpha value is -3.53. The van der Waals surface area contributed by atoms with Gasteiger partial charge in [0.2, 0.25) is 5.91 Å². The van der Waals surface area contributed by atoms with E-state index >= 15 is 0 Å². The van der Waals surface area contributed by atoms with Gasteiger partial charge in [0.05, 0.1) is 24.0 Å². The number of nitrogens with zero attached hydrogens (tertiary/aromatic N) is 3. The van der Waals surface area contributed by atoms with E-state index in [9.17, 15) is 14.4 Å². The minimum atomic E-state index is -1.20. The molecule has 2 N–H and O–H groups in total. The van der Waals surface area contributed by atoms with Crippen LogP contribution in [0, 0.1) is 0 Å². The molecule has 0 aliphatic carbocycles. The van der Waals surface area contributed by atoms with E-state index in [1.54, 1.807) is 42.5 Å². The zero-order chi connectivity index (χ0) is 20.0. The van der Waals surface area contributed by atoms with Crippen LogP contribution in [0.4, 0.5) is 10.5 Å². The summed E-state index contributed by atoms with van der Waals surface area (Å²) in [4.78, 5) is 39.3. The molecule has 0 saturated carbocycles. The third-order valence-electron chi connectivity index (χ3n) is 5.12. The monoisotopic (exact) mass is 409 g/mol. The van der Waals surface area contributed by atoms with Gasteiger partial charge in [0, 0.05) is 12.0 Å². The zero-order valence-electron chi connectivity index (χ0n) is 15.0. The number of fused-ring (bicyclic) bond motifs is 3. The molecule has 1 fully saturated rings. The molecule has 1 atom stereocenters. The normalized spacial score (nSPS) is 20.5. The predicted molar refractivity (Wildman–Crippen MR) is 105 cm³/mol. The molecule has 3 aromatic rings. The van der Waals surface area contributed by atoms with E-state index in [4.69, 9.17) is 4.74 Å². The van der Waals surface area contributed by atoms with Gasteiger partial charge in [0.15, 0.2) is 5.54 Å². The third-order valence-corrected chi connectivity index (χ3v) is 5.66. The lowest BCUT2D eigenvalue weighted by Gasteiger charge is -2.33. The number of rotatable bonds is 3. The molecular weight excluding hydrogens is 394 g/mol. The largest absolute Gasteiger partial charge is 0.493 e. The minimum absolute atomic E-state index is 0.294. The third kappa shape index (κ3) is 2.71. The van der Waals surface area contributed by atoms with Crippen LogP contribution in [0.15, 0.2) is 42.5 Å². The number of para-hydroxylation sites is 1. The number of anilines is 1. The van der Waals surface area contributed by atoms with Crippen LogP contribution >= 0.6 is 11.7 Å². The van der Waals surface area contributed by atoms with Crippen molar-refractivity contribution in [3.63, 3.8) is 0 Å². The highest BCUT2D eigenvalue weighted by Gasteiger charge is 2.55. The summed E-state index contributed by atoms with van der Waals surface area (Å²) in [5.41, 5.74) is 1.12. The average Bonchev–Trinajstić information content (AvgIpc) is 3.29. The molecule has 29 heavy (non-hydrogen) atoms. The molecule has 5 rings (SSSR count). The fraction of sp³-hybridized carbons (Fsp3) is 0.211. The first-order chi connectivity index (χ1) is 14.1. The van der Waals surface area contributed by atoms with Crippen molar-refractivity contribution < 1.29 is 19.1 Å². The Balaban J connectivity index is 1.39. The summed E-state index contributed by atoms with van der Waals surface area (Å²) in [6.07, 6.45) is 0.302. The first-order valence-electron chi connectivity index (χ1n) is 8.96. The Kier molecular flexibility index (Phi) is 3.95. The van der Waals surface area contributed by atoms with Crippen molar-refractivity contribution in [3.8, 4) is 5.75 Å². The molecule has 1 unspecified atom stereocenters. The van der Waals surface area contributed by atoms with Gasteiger partial charge in [-0.1, -0.05) is 24.3 Å². The van der Waals surface area contributed by atoms with E-state index in [0.29, 0.717) is 41.1 Å². The minimum Gasteiger partial charge on any atom is -0.493 e. The van der Waals surface area contributed by atoms with Gasteiger partial charge in [-0.3, -0.25) is 14.5 Å². The summed E-state index contributed by atoms with van der Waals surface area (Å²) in [5.74, 6) is -0.394. The molecule has 0 bridgehead atoms. The Morgan fingerprint density at radius 1 is 1.21 bits per heavy atom. The molecule has 146 valence electrons. The van der Waals surface area contributed by atoms with Crippen molar-refractivity contribution in [2.75, 3.05) is 18.5 Å². The molecule has 10 heteroatoms. The molecule has 4 amide bonds. The summed E-state index contributed by atoms with van der Waals surface area (Å²) in [7, 11) is 0. The van der Waals surface area contributed by atoms with Crippen molar-refractivity contribution in [1.82, 2.24) is 19.0 Å². The number of carbonyl (C=O) groups is 3. The summed E-state index contributed by atoms with van der Waals surface area (Å²) >= 11 is 1.04. The van der Waals surface area contributed by atoms with Gasteiger partial charge in [-0.2, -0.15) is 8.75 Å². The number of amides is 4. The van der Waals surface area contributed by atoms with Crippen LogP contribution in [0.25, 0.3) is 11.0 Å². The van der Waals surface area contributed by atoms with Crippen molar-refractivity contribution in [3.05, 3.63) is 48.0 Å².